The molecule has 1 aromatic carbocycles. The topological polar surface area (TPSA) is 106 Å². The molecule has 1 aromatic heterocycles. The van der Waals surface area contributed by atoms with Crippen LogP contribution in [0, 0.1) is 6.92 Å². The number of rotatable bonds is 6. The van der Waals surface area contributed by atoms with Crippen LogP contribution in [-0.2, 0) is 27.9 Å². The molecule has 1 heterocycles. The second-order valence-corrected chi connectivity index (χ2v) is 6.65. The van der Waals surface area contributed by atoms with Gasteiger partial charge in [0.2, 0.25) is 15.9 Å². The number of benzene rings is 1. The van der Waals surface area contributed by atoms with E-state index in [9.17, 15) is 13.2 Å². The molecule has 0 fully saturated rings. The van der Waals surface area contributed by atoms with Gasteiger partial charge in [0.1, 0.15) is 6.54 Å². The highest BCUT2D eigenvalue weighted by molar-refractivity contribution is 7.92. The van der Waals surface area contributed by atoms with Crippen molar-refractivity contribution in [2.75, 3.05) is 11.0 Å². The lowest BCUT2D eigenvalue weighted by molar-refractivity contribution is -0.122. The first kappa shape index (κ1) is 16.0. The highest BCUT2D eigenvalue weighted by Gasteiger charge is 2.09. The molecule has 22 heavy (non-hydrogen) atoms. The number of hydrogen-bond donors (Lipinski definition) is 2. The van der Waals surface area contributed by atoms with Gasteiger partial charge in [0, 0.05) is 6.54 Å². The molecule has 0 aliphatic rings. The molecule has 2 aromatic rings. The van der Waals surface area contributed by atoms with Crippen molar-refractivity contribution >= 4 is 21.7 Å². The van der Waals surface area contributed by atoms with E-state index in [0.717, 1.165) is 22.2 Å². The van der Waals surface area contributed by atoms with Crippen molar-refractivity contribution in [3.8, 4) is 0 Å². The molecule has 0 aliphatic heterocycles. The zero-order valence-corrected chi connectivity index (χ0v) is 13.1. The van der Waals surface area contributed by atoms with E-state index in [1.54, 1.807) is 0 Å². The van der Waals surface area contributed by atoms with Crippen LogP contribution in [0.25, 0.3) is 0 Å². The lowest BCUT2D eigenvalue weighted by Gasteiger charge is -2.05. The molecule has 0 saturated carbocycles. The molecule has 8 nitrogen and oxygen atoms in total. The number of amides is 1. The van der Waals surface area contributed by atoms with Gasteiger partial charge in [-0.15, -0.1) is 5.10 Å². The predicted molar refractivity (Wildman–Crippen MR) is 81.5 cm³/mol. The standard InChI is InChI=1S/C13H17N5O3S/c1-10-3-5-11(6-4-10)7-14-13(19)9-18-15-8-12(16-18)17-22(2,20)21/h3-6,8H,7,9H2,1-2H3,(H,14,19)(H,16,17). The fourth-order valence-corrected chi connectivity index (χ4v) is 2.17. The summed E-state index contributed by atoms with van der Waals surface area (Å²) in [6, 6.07) is 7.82. The van der Waals surface area contributed by atoms with E-state index in [2.05, 4.69) is 20.2 Å². The SMILES string of the molecule is Cc1ccc(CNC(=O)Cn2ncc(NS(C)(=O)=O)n2)cc1. The summed E-state index contributed by atoms with van der Waals surface area (Å²) >= 11 is 0. The molecule has 0 radical (unpaired) electrons. The quantitative estimate of drug-likeness (QED) is 0.794. The Labute approximate surface area is 128 Å². The summed E-state index contributed by atoms with van der Waals surface area (Å²) in [6.45, 7) is 2.32. The average molecular weight is 323 g/mol. The number of carbonyl (C=O) groups is 1. The Hall–Kier alpha value is -2.42. The van der Waals surface area contributed by atoms with Crippen molar-refractivity contribution in [1.82, 2.24) is 20.3 Å². The number of nitrogens with zero attached hydrogens (tertiary/aromatic N) is 3. The highest BCUT2D eigenvalue weighted by Crippen LogP contribution is 2.03. The maximum absolute atomic E-state index is 11.8. The average Bonchev–Trinajstić information content (AvgIpc) is 2.83. The smallest absolute Gasteiger partial charge is 0.243 e. The van der Waals surface area contributed by atoms with Crippen LogP contribution in [0.15, 0.2) is 30.5 Å². The van der Waals surface area contributed by atoms with Crippen molar-refractivity contribution < 1.29 is 13.2 Å². The molecule has 0 saturated heterocycles. The van der Waals surface area contributed by atoms with Crippen LogP contribution >= 0.6 is 0 Å². The van der Waals surface area contributed by atoms with Gasteiger partial charge >= 0.3 is 0 Å². The second-order valence-electron chi connectivity index (χ2n) is 4.90. The van der Waals surface area contributed by atoms with E-state index in [4.69, 9.17) is 0 Å². The van der Waals surface area contributed by atoms with Crippen molar-refractivity contribution in [2.45, 2.75) is 20.0 Å². The molecular formula is C13H17N5O3S. The van der Waals surface area contributed by atoms with E-state index in [-0.39, 0.29) is 18.3 Å². The van der Waals surface area contributed by atoms with Crippen LogP contribution in [-0.4, -0.2) is 35.6 Å². The third-order valence-corrected chi connectivity index (χ3v) is 3.30. The summed E-state index contributed by atoms with van der Waals surface area (Å²) in [7, 11) is -3.41. The Bertz CT molecular complexity index is 752. The van der Waals surface area contributed by atoms with Crippen LogP contribution in [0.5, 0.6) is 0 Å². The number of carbonyl (C=O) groups excluding carboxylic acids is 1. The number of aromatic nitrogens is 3. The maximum atomic E-state index is 11.8. The first-order chi connectivity index (χ1) is 10.3. The number of hydrogen-bond acceptors (Lipinski definition) is 5. The van der Waals surface area contributed by atoms with E-state index < -0.39 is 10.0 Å². The van der Waals surface area contributed by atoms with Crippen LogP contribution in [0.3, 0.4) is 0 Å². The third kappa shape index (κ3) is 5.17. The first-order valence-corrected chi connectivity index (χ1v) is 8.41. The number of anilines is 1. The van der Waals surface area contributed by atoms with Gasteiger partial charge in [-0.1, -0.05) is 29.8 Å². The van der Waals surface area contributed by atoms with Crippen LogP contribution < -0.4 is 10.0 Å². The summed E-state index contributed by atoms with van der Waals surface area (Å²) in [6.07, 6.45) is 2.26. The van der Waals surface area contributed by atoms with Gasteiger partial charge in [-0.05, 0) is 12.5 Å². The molecular weight excluding hydrogens is 306 g/mol. The van der Waals surface area contributed by atoms with E-state index in [1.807, 2.05) is 31.2 Å². The lowest BCUT2D eigenvalue weighted by Crippen LogP contribution is -2.28. The summed E-state index contributed by atoms with van der Waals surface area (Å²) in [5, 5.41) is 10.4. The minimum atomic E-state index is -3.41. The molecule has 0 spiro atoms. The molecule has 0 atom stereocenters. The Kier molecular flexibility index (Phi) is 4.76. The number of aryl methyl sites for hydroxylation is 1. The summed E-state index contributed by atoms with van der Waals surface area (Å²) in [5.41, 5.74) is 2.15. The zero-order valence-electron chi connectivity index (χ0n) is 12.3. The largest absolute Gasteiger partial charge is 0.350 e. The second kappa shape index (κ2) is 6.56. The first-order valence-electron chi connectivity index (χ1n) is 6.52. The van der Waals surface area contributed by atoms with Crippen LogP contribution in [0.2, 0.25) is 0 Å². The fourth-order valence-electron chi connectivity index (χ4n) is 1.70. The Balaban J connectivity index is 1.85. The van der Waals surface area contributed by atoms with Crippen LogP contribution in [0.1, 0.15) is 11.1 Å². The Morgan fingerprint density at radius 2 is 1.95 bits per heavy atom. The fraction of sp³-hybridized carbons (Fsp3) is 0.308. The van der Waals surface area contributed by atoms with Gasteiger partial charge in [-0.2, -0.15) is 9.90 Å². The lowest BCUT2D eigenvalue weighted by atomic mass is 10.1. The molecule has 9 heteroatoms. The minimum Gasteiger partial charge on any atom is -0.350 e. The Morgan fingerprint density at radius 1 is 1.27 bits per heavy atom. The van der Waals surface area contributed by atoms with Crippen molar-refractivity contribution in [1.29, 1.82) is 0 Å². The minimum absolute atomic E-state index is 0.0776. The van der Waals surface area contributed by atoms with Crippen molar-refractivity contribution in [3.05, 3.63) is 41.6 Å². The molecule has 118 valence electrons. The van der Waals surface area contributed by atoms with Gasteiger partial charge in [0.15, 0.2) is 5.82 Å². The molecule has 0 unspecified atom stereocenters. The number of nitrogens with one attached hydrogen (secondary N) is 2. The monoisotopic (exact) mass is 323 g/mol. The van der Waals surface area contributed by atoms with Crippen molar-refractivity contribution in [3.63, 3.8) is 0 Å². The molecule has 0 aliphatic carbocycles. The molecule has 1 amide bonds. The van der Waals surface area contributed by atoms with Crippen LogP contribution in [0.4, 0.5) is 5.82 Å². The van der Waals surface area contributed by atoms with Gasteiger partial charge in [-0.3, -0.25) is 9.52 Å². The molecule has 0 bridgehead atoms. The van der Waals surface area contributed by atoms with E-state index in [1.165, 1.54) is 6.20 Å². The van der Waals surface area contributed by atoms with E-state index >= 15 is 0 Å². The van der Waals surface area contributed by atoms with E-state index in [0.29, 0.717) is 6.54 Å². The maximum Gasteiger partial charge on any atom is 0.243 e. The highest BCUT2D eigenvalue weighted by atomic mass is 32.2. The predicted octanol–water partition coefficient (Wildman–Crippen LogP) is 0.274. The summed E-state index contributed by atoms with van der Waals surface area (Å²) in [5.74, 6) is -0.184. The van der Waals surface area contributed by atoms with Crippen molar-refractivity contribution in [2.24, 2.45) is 0 Å². The van der Waals surface area contributed by atoms with Gasteiger partial charge in [0.05, 0.1) is 12.5 Å². The third-order valence-electron chi connectivity index (χ3n) is 2.72. The molecule has 2 N–H and O–H groups in total. The molecule has 2 rings (SSSR count). The van der Waals surface area contributed by atoms with Gasteiger partial charge in [-0.25, -0.2) is 8.42 Å². The van der Waals surface area contributed by atoms with Gasteiger partial charge in [0.25, 0.3) is 0 Å². The zero-order chi connectivity index (χ0) is 16.2. The normalized spacial score (nSPS) is 11.2. The Morgan fingerprint density at radius 3 is 2.59 bits per heavy atom. The van der Waals surface area contributed by atoms with Gasteiger partial charge < -0.3 is 5.32 Å². The summed E-state index contributed by atoms with van der Waals surface area (Å²) < 4.78 is 24.3. The summed E-state index contributed by atoms with van der Waals surface area (Å²) in [4.78, 5) is 12.9. The number of sulfonamides is 1.